The van der Waals surface area contributed by atoms with Gasteiger partial charge in [0.2, 0.25) is 5.91 Å². The molecule has 0 radical (unpaired) electrons. The molecule has 0 heterocycles. The molecule has 1 N–H and O–H groups in total. The lowest BCUT2D eigenvalue weighted by Gasteiger charge is -2.21. The number of halogens is 1. The van der Waals surface area contributed by atoms with Gasteiger partial charge >= 0.3 is 0 Å². The molecule has 1 amide bonds. The molecule has 0 bridgehead atoms. The van der Waals surface area contributed by atoms with E-state index in [9.17, 15) is 4.79 Å². The quantitative estimate of drug-likeness (QED) is 0.714. The molecule has 0 aromatic heterocycles. The Hall–Kier alpha value is -2.20. The Balaban J connectivity index is 1.85. The topological polar surface area (TPSA) is 47.6 Å². The summed E-state index contributed by atoms with van der Waals surface area (Å²) in [6.45, 7) is 4.92. The molecule has 1 atom stereocenters. The monoisotopic (exact) mass is 361 g/mol. The van der Waals surface area contributed by atoms with Crippen LogP contribution >= 0.6 is 11.6 Å². The van der Waals surface area contributed by atoms with Crippen LogP contribution in [0.5, 0.6) is 11.5 Å². The van der Waals surface area contributed by atoms with Crippen LogP contribution in [-0.4, -0.2) is 26.2 Å². The molecule has 0 spiro atoms. The van der Waals surface area contributed by atoms with E-state index in [1.807, 2.05) is 62.4 Å². The molecule has 0 aliphatic carbocycles. The first-order valence-corrected chi connectivity index (χ1v) is 8.69. The molecule has 0 fully saturated rings. The van der Waals surface area contributed by atoms with Crippen LogP contribution in [0.2, 0.25) is 5.02 Å². The van der Waals surface area contributed by atoms with Gasteiger partial charge in [-0.05, 0) is 47.9 Å². The van der Waals surface area contributed by atoms with E-state index in [1.54, 1.807) is 7.11 Å². The van der Waals surface area contributed by atoms with Crippen molar-refractivity contribution in [2.75, 3.05) is 20.3 Å². The Kier molecular flexibility index (Phi) is 7.14. The lowest BCUT2D eigenvalue weighted by atomic mass is 9.87. The fourth-order valence-electron chi connectivity index (χ4n) is 2.63. The Bertz CT molecular complexity index is 668. The van der Waals surface area contributed by atoms with Gasteiger partial charge in [0.05, 0.1) is 19.6 Å². The second-order valence-electron chi connectivity index (χ2n) is 6.09. The number of rotatable bonds is 8. The van der Waals surface area contributed by atoms with Crippen molar-refractivity contribution in [2.45, 2.75) is 19.8 Å². The summed E-state index contributed by atoms with van der Waals surface area (Å²) in [4.78, 5) is 12.5. The zero-order chi connectivity index (χ0) is 18.2. The fraction of sp³-hybridized carbons (Fsp3) is 0.350. The molecule has 2 aromatic carbocycles. The Morgan fingerprint density at radius 3 is 2.20 bits per heavy atom. The predicted molar refractivity (Wildman–Crippen MR) is 101 cm³/mol. The van der Waals surface area contributed by atoms with Gasteiger partial charge < -0.3 is 14.8 Å². The molecule has 0 aliphatic heterocycles. The highest BCUT2D eigenvalue weighted by Gasteiger charge is 2.23. The van der Waals surface area contributed by atoms with Crippen LogP contribution in [0.3, 0.4) is 0 Å². The molecular formula is C20H24ClNO3. The average Bonchev–Trinajstić information content (AvgIpc) is 2.61. The van der Waals surface area contributed by atoms with Crippen LogP contribution in [0, 0.1) is 5.92 Å². The molecular weight excluding hydrogens is 338 g/mol. The number of hydrogen-bond acceptors (Lipinski definition) is 3. The first kappa shape index (κ1) is 19.1. The van der Waals surface area contributed by atoms with Crippen molar-refractivity contribution in [3.8, 4) is 11.5 Å². The van der Waals surface area contributed by atoms with E-state index in [0.717, 1.165) is 17.1 Å². The van der Waals surface area contributed by atoms with Crippen LogP contribution in [0.1, 0.15) is 25.3 Å². The number of hydrogen-bond donors (Lipinski definition) is 1. The molecule has 134 valence electrons. The average molecular weight is 362 g/mol. The van der Waals surface area contributed by atoms with Crippen LogP contribution in [-0.2, 0) is 4.79 Å². The smallest absolute Gasteiger partial charge is 0.227 e. The van der Waals surface area contributed by atoms with Crippen LogP contribution in [0.15, 0.2) is 48.5 Å². The van der Waals surface area contributed by atoms with Gasteiger partial charge in [0.25, 0.3) is 0 Å². The first-order valence-electron chi connectivity index (χ1n) is 8.31. The summed E-state index contributed by atoms with van der Waals surface area (Å²) in [7, 11) is 1.62. The third kappa shape index (κ3) is 5.68. The molecule has 25 heavy (non-hydrogen) atoms. The summed E-state index contributed by atoms with van der Waals surface area (Å²) < 4.78 is 10.7. The van der Waals surface area contributed by atoms with Gasteiger partial charge in [-0.2, -0.15) is 0 Å². The number of carbonyl (C=O) groups is 1. The molecule has 4 nitrogen and oxygen atoms in total. The summed E-state index contributed by atoms with van der Waals surface area (Å²) >= 11 is 5.93. The molecule has 0 saturated heterocycles. The van der Waals surface area contributed by atoms with E-state index >= 15 is 0 Å². The maximum Gasteiger partial charge on any atom is 0.227 e. The number of methoxy groups -OCH3 is 1. The minimum Gasteiger partial charge on any atom is -0.497 e. The maximum atomic E-state index is 12.5. The molecule has 0 unspecified atom stereocenters. The minimum absolute atomic E-state index is 0.00402. The third-order valence-electron chi connectivity index (χ3n) is 3.91. The molecule has 2 aromatic rings. The van der Waals surface area contributed by atoms with Gasteiger partial charge in [-0.3, -0.25) is 4.79 Å². The van der Waals surface area contributed by atoms with Crippen LogP contribution < -0.4 is 14.8 Å². The van der Waals surface area contributed by atoms with Crippen molar-refractivity contribution in [3.05, 3.63) is 59.1 Å². The van der Waals surface area contributed by atoms with Crippen molar-refractivity contribution in [1.82, 2.24) is 5.32 Å². The molecule has 0 aliphatic rings. The van der Waals surface area contributed by atoms with Gasteiger partial charge in [-0.1, -0.05) is 37.6 Å². The van der Waals surface area contributed by atoms with Crippen molar-refractivity contribution in [2.24, 2.45) is 5.92 Å². The molecule has 5 heteroatoms. The summed E-state index contributed by atoms with van der Waals surface area (Å²) in [6, 6.07) is 14.8. The van der Waals surface area contributed by atoms with Gasteiger partial charge in [-0.15, -0.1) is 0 Å². The van der Waals surface area contributed by atoms with Crippen molar-refractivity contribution < 1.29 is 14.3 Å². The van der Waals surface area contributed by atoms with E-state index in [0.29, 0.717) is 18.2 Å². The second-order valence-corrected chi connectivity index (χ2v) is 6.52. The highest BCUT2D eigenvalue weighted by Crippen LogP contribution is 2.26. The second kappa shape index (κ2) is 9.33. The number of carbonyl (C=O) groups excluding carboxylic acids is 1. The van der Waals surface area contributed by atoms with Crippen molar-refractivity contribution in [1.29, 1.82) is 0 Å². The normalized spacial score (nSPS) is 11.9. The van der Waals surface area contributed by atoms with Crippen LogP contribution in [0.25, 0.3) is 0 Å². The van der Waals surface area contributed by atoms with Gasteiger partial charge in [0.1, 0.15) is 18.1 Å². The first-order chi connectivity index (χ1) is 12.0. The summed E-state index contributed by atoms with van der Waals surface area (Å²) in [5.74, 6) is 1.49. The number of amides is 1. The van der Waals surface area contributed by atoms with E-state index < -0.39 is 0 Å². The summed E-state index contributed by atoms with van der Waals surface area (Å²) in [6.07, 6.45) is 0. The third-order valence-corrected chi connectivity index (χ3v) is 4.16. The Labute approximate surface area is 154 Å². The summed E-state index contributed by atoms with van der Waals surface area (Å²) in [5, 5.41) is 3.61. The lowest BCUT2D eigenvalue weighted by molar-refractivity contribution is -0.123. The van der Waals surface area contributed by atoms with Crippen LogP contribution in [0.4, 0.5) is 0 Å². The number of benzene rings is 2. The van der Waals surface area contributed by atoms with Crippen molar-refractivity contribution in [3.63, 3.8) is 0 Å². The standard InChI is InChI=1S/C20H24ClNO3/c1-14(2)19(15-4-6-16(21)7-5-15)20(23)22-12-13-25-18-10-8-17(24-3)9-11-18/h4-11,14,19H,12-13H2,1-3H3,(H,22,23)/t19-/m1/s1. The largest absolute Gasteiger partial charge is 0.497 e. The SMILES string of the molecule is COc1ccc(OCCNC(=O)[C@@H](c2ccc(Cl)cc2)C(C)C)cc1. The highest BCUT2D eigenvalue weighted by molar-refractivity contribution is 6.30. The highest BCUT2D eigenvalue weighted by atomic mass is 35.5. The van der Waals surface area contributed by atoms with Gasteiger partial charge in [-0.25, -0.2) is 0 Å². The van der Waals surface area contributed by atoms with Crippen molar-refractivity contribution >= 4 is 17.5 Å². The van der Waals surface area contributed by atoms with E-state index in [-0.39, 0.29) is 17.7 Å². The zero-order valence-corrected chi connectivity index (χ0v) is 15.5. The molecule has 2 rings (SSSR count). The minimum atomic E-state index is -0.210. The summed E-state index contributed by atoms with van der Waals surface area (Å²) in [5.41, 5.74) is 0.966. The number of nitrogens with one attached hydrogen (secondary N) is 1. The van der Waals surface area contributed by atoms with E-state index in [2.05, 4.69) is 5.32 Å². The zero-order valence-electron chi connectivity index (χ0n) is 14.8. The van der Waals surface area contributed by atoms with E-state index in [4.69, 9.17) is 21.1 Å². The van der Waals surface area contributed by atoms with Gasteiger partial charge in [0, 0.05) is 5.02 Å². The Morgan fingerprint density at radius 2 is 1.64 bits per heavy atom. The maximum absolute atomic E-state index is 12.5. The van der Waals surface area contributed by atoms with E-state index in [1.165, 1.54) is 0 Å². The fourth-order valence-corrected chi connectivity index (χ4v) is 2.76. The number of ether oxygens (including phenoxy) is 2. The Morgan fingerprint density at radius 1 is 1.04 bits per heavy atom. The lowest BCUT2D eigenvalue weighted by Crippen LogP contribution is -2.34. The molecule has 0 saturated carbocycles. The van der Waals surface area contributed by atoms with Gasteiger partial charge in [0.15, 0.2) is 0 Å². The predicted octanol–water partition coefficient (Wildman–Crippen LogP) is 4.28.